The Bertz CT molecular complexity index is 353. The molecule has 0 aliphatic rings. The van der Waals surface area contributed by atoms with E-state index in [1.807, 2.05) is 19.9 Å². The molecule has 0 aliphatic carbocycles. The number of nitriles is 1. The van der Waals surface area contributed by atoms with E-state index in [2.05, 4.69) is 4.98 Å². The van der Waals surface area contributed by atoms with Crippen molar-refractivity contribution in [2.24, 2.45) is 0 Å². The summed E-state index contributed by atoms with van der Waals surface area (Å²) in [6.07, 6.45) is 0. The number of aromatic nitrogens is 2. The highest BCUT2D eigenvalue weighted by atomic mass is 16.1. The molecule has 0 radical (unpaired) electrons. The maximum absolute atomic E-state index is 11.0. The van der Waals surface area contributed by atoms with Gasteiger partial charge >= 0.3 is 5.69 Å². The molecule has 0 fully saturated rings. The molecule has 0 unspecified atom stereocenters. The largest absolute Gasteiger partial charge is 0.326 e. The summed E-state index contributed by atoms with van der Waals surface area (Å²) in [5.41, 5.74) is 1.45. The third-order valence-electron chi connectivity index (χ3n) is 1.72. The van der Waals surface area contributed by atoms with E-state index >= 15 is 0 Å². The molecular formula is C7H9N3O. The van der Waals surface area contributed by atoms with Gasteiger partial charge in [-0.1, -0.05) is 0 Å². The lowest BCUT2D eigenvalue weighted by atomic mass is 10.4. The highest BCUT2D eigenvalue weighted by Crippen LogP contribution is 1.98. The Balaban J connectivity index is 3.25. The van der Waals surface area contributed by atoms with Crippen molar-refractivity contribution in [2.45, 2.75) is 20.4 Å². The highest BCUT2D eigenvalue weighted by molar-refractivity contribution is 5.09. The van der Waals surface area contributed by atoms with Crippen molar-refractivity contribution in [2.75, 3.05) is 0 Å². The number of rotatable bonds is 1. The zero-order chi connectivity index (χ0) is 8.43. The third kappa shape index (κ3) is 1.17. The van der Waals surface area contributed by atoms with Crippen LogP contribution in [0.2, 0.25) is 0 Å². The fourth-order valence-electron chi connectivity index (χ4n) is 0.934. The monoisotopic (exact) mass is 151 g/mol. The van der Waals surface area contributed by atoms with Crippen molar-refractivity contribution in [3.8, 4) is 6.07 Å². The number of H-pyrrole nitrogens is 1. The van der Waals surface area contributed by atoms with Crippen LogP contribution in [0, 0.1) is 25.2 Å². The lowest BCUT2D eigenvalue weighted by Crippen LogP contribution is -2.16. The first kappa shape index (κ1) is 7.61. The molecule has 4 heteroatoms. The molecule has 0 aliphatic heterocycles. The Morgan fingerprint density at radius 1 is 1.64 bits per heavy atom. The van der Waals surface area contributed by atoms with Crippen LogP contribution in [0.5, 0.6) is 0 Å². The molecule has 4 nitrogen and oxygen atoms in total. The first-order chi connectivity index (χ1) is 5.16. The summed E-state index contributed by atoms with van der Waals surface area (Å²) in [6.45, 7) is 3.74. The maximum atomic E-state index is 11.0. The second kappa shape index (κ2) is 2.62. The summed E-state index contributed by atoms with van der Waals surface area (Å²) in [7, 11) is 0. The van der Waals surface area contributed by atoms with Gasteiger partial charge < -0.3 is 4.98 Å². The average Bonchev–Trinajstić information content (AvgIpc) is 2.17. The minimum Gasteiger partial charge on any atom is -0.310 e. The molecule has 1 rings (SSSR count). The predicted molar refractivity (Wildman–Crippen MR) is 40.1 cm³/mol. The fourth-order valence-corrected chi connectivity index (χ4v) is 0.934. The minimum absolute atomic E-state index is 0.120. The second-order valence-electron chi connectivity index (χ2n) is 2.38. The van der Waals surface area contributed by atoms with Gasteiger partial charge in [-0.15, -0.1) is 0 Å². The van der Waals surface area contributed by atoms with Gasteiger partial charge in [0, 0.05) is 11.4 Å². The summed E-state index contributed by atoms with van der Waals surface area (Å²) in [6, 6.07) is 1.92. The normalized spacial score (nSPS) is 9.55. The Hall–Kier alpha value is -1.50. The smallest absolute Gasteiger partial charge is 0.310 e. The zero-order valence-electron chi connectivity index (χ0n) is 6.51. The van der Waals surface area contributed by atoms with Crippen LogP contribution in [0.4, 0.5) is 0 Å². The van der Waals surface area contributed by atoms with E-state index < -0.39 is 0 Å². The van der Waals surface area contributed by atoms with Crippen molar-refractivity contribution in [3.63, 3.8) is 0 Å². The van der Waals surface area contributed by atoms with E-state index in [0.717, 1.165) is 11.4 Å². The van der Waals surface area contributed by atoms with Crippen molar-refractivity contribution in [1.82, 2.24) is 9.55 Å². The van der Waals surface area contributed by atoms with E-state index in [0.29, 0.717) is 0 Å². The van der Waals surface area contributed by atoms with E-state index in [1.165, 1.54) is 4.57 Å². The molecule has 1 heterocycles. The molecule has 0 saturated heterocycles. The van der Waals surface area contributed by atoms with E-state index in [1.54, 1.807) is 0 Å². The molecular weight excluding hydrogens is 142 g/mol. The number of aryl methyl sites for hydroxylation is 1. The molecule has 0 saturated carbocycles. The van der Waals surface area contributed by atoms with E-state index in [9.17, 15) is 4.79 Å². The summed E-state index contributed by atoms with van der Waals surface area (Å²) < 4.78 is 1.41. The summed E-state index contributed by atoms with van der Waals surface area (Å²) in [4.78, 5) is 13.6. The number of nitrogens with one attached hydrogen (secondary N) is 1. The van der Waals surface area contributed by atoms with Gasteiger partial charge in [0.15, 0.2) is 0 Å². The van der Waals surface area contributed by atoms with Crippen LogP contribution in [-0.4, -0.2) is 9.55 Å². The number of hydrogen-bond acceptors (Lipinski definition) is 2. The Kier molecular flexibility index (Phi) is 1.81. The molecule has 0 bridgehead atoms. The number of aromatic amines is 1. The van der Waals surface area contributed by atoms with Gasteiger partial charge in [0.05, 0.1) is 6.07 Å². The zero-order valence-corrected chi connectivity index (χ0v) is 6.51. The van der Waals surface area contributed by atoms with Gasteiger partial charge in [-0.05, 0) is 13.8 Å². The van der Waals surface area contributed by atoms with Crippen molar-refractivity contribution in [3.05, 3.63) is 21.9 Å². The summed E-state index contributed by atoms with van der Waals surface area (Å²) >= 11 is 0. The summed E-state index contributed by atoms with van der Waals surface area (Å²) in [5, 5.41) is 8.35. The second-order valence-corrected chi connectivity index (χ2v) is 2.38. The van der Waals surface area contributed by atoms with Crippen molar-refractivity contribution in [1.29, 1.82) is 5.26 Å². The van der Waals surface area contributed by atoms with Gasteiger partial charge in [-0.25, -0.2) is 4.79 Å². The first-order valence-corrected chi connectivity index (χ1v) is 3.29. The molecule has 0 spiro atoms. The van der Waals surface area contributed by atoms with Gasteiger partial charge in [-0.3, -0.25) is 4.57 Å². The molecule has 1 N–H and O–H groups in total. The Morgan fingerprint density at radius 3 is 2.64 bits per heavy atom. The SMILES string of the molecule is Cc1[nH]c(=O)n(CC#N)c1C. The van der Waals surface area contributed by atoms with Gasteiger partial charge in [-0.2, -0.15) is 5.26 Å². The average molecular weight is 151 g/mol. The highest BCUT2D eigenvalue weighted by Gasteiger charge is 2.03. The van der Waals surface area contributed by atoms with E-state index in [4.69, 9.17) is 5.26 Å². The third-order valence-corrected chi connectivity index (χ3v) is 1.72. The Labute approximate surface area is 64.1 Å². The molecule has 0 amide bonds. The van der Waals surface area contributed by atoms with Crippen LogP contribution in [0.25, 0.3) is 0 Å². The molecule has 58 valence electrons. The van der Waals surface area contributed by atoms with Crippen LogP contribution in [0.15, 0.2) is 4.79 Å². The van der Waals surface area contributed by atoms with Crippen LogP contribution >= 0.6 is 0 Å². The molecule has 1 aromatic rings. The van der Waals surface area contributed by atoms with Crippen LogP contribution in [0.1, 0.15) is 11.4 Å². The molecule has 0 aromatic carbocycles. The van der Waals surface area contributed by atoms with Gasteiger partial charge in [0.25, 0.3) is 0 Å². The first-order valence-electron chi connectivity index (χ1n) is 3.29. The van der Waals surface area contributed by atoms with Crippen LogP contribution in [0.3, 0.4) is 0 Å². The predicted octanol–water partition coefficient (Wildman–Crippen LogP) is 0.317. The van der Waals surface area contributed by atoms with Crippen molar-refractivity contribution >= 4 is 0 Å². The molecule has 11 heavy (non-hydrogen) atoms. The lowest BCUT2D eigenvalue weighted by molar-refractivity contribution is 0.764. The van der Waals surface area contributed by atoms with Gasteiger partial charge in [0.2, 0.25) is 0 Å². The summed E-state index contributed by atoms with van der Waals surface area (Å²) in [5.74, 6) is 0. The van der Waals surface area contributed by atoms with Gasteiger partial charge in [0.1, 0.15) is 6.54 Å². The standard InChI is InChI=1S/C7H9N3O/c1-5-6(2)10(4-3-8)7(11)9-5/h4H2,1-2H3,(H,9,11). The van der Waals surface area contributed by atoms with Crippen LogP contribution < -0.4 is 5.69 Å². The molecule has 0 atom stereocenters. The van der Waals surface area contributed by atoms with E-state index in [-0.39, 0.29) is 12.2 Å². The van der Waals surface area contributed by atoms with Crippen molar-refractivity contribution < 1.29 is 0 Å². The quantitative estimate of drug-likeness (QED) is 0.628. The lowest BCUT2D eigenvalue weighted by Gasteiger charge is -1.94. The minimum atomic E-state index is -0.207. The maximum Gasteiger partial charge on any atom is 0.326 e. The van der Waals surface area contributed by atoms with Crippen LogP contribution in [-0.2, 0) is 6.54 Å². The topological polar surface area (TPSA) is 61.6 Å². The number of hydrogen-bond donors (Lipinski definition) is 1. The molecule has 1 aromatic heterocycles. The Morgan fingerprint density at radius 2 is 2.27 bits per heavy atom. The number of nitrogens with zero attached hydrogens (tertiary/aromatic N) is 2. The number of imidazole rings is 1. The fraction of sp³-hybridized carbons (Fsp3) is 0.429.